The summed E-state index contributed by atoms with van der Waals surface area (Å²) in [4.78, 5) is 0. The third kappa shape index (κ3) is 4.20. The van der Waals surface area contributed by atoms with E-state index < -0.39 is 0 Å². The van der Waals surface area contributed by atoms with Gasteiger partial charge in [-0.25, -0.2) is 0 Å². The monoisotopic (exact) mass is 217 g/mol. The van der Waals surface area contributed by atoms with Gasteiger partial charge >= 0.3 is 0 Å². The molecule has 84 valence electrons. The molecular weight excluding hydrogens is 194 g/mol. The van der Waals surface area contributed by atoms with Crippen LogP contribution in [0.3, 0.4) is 0 Å². The Bertz CT molecular complexity index is 141. The molecule has 0 bridgehead atoms. The standard InChI is InChI=1S/C11H23NOS/c1-2-14-11-7-4-3-6-10(11)12-8-5-9-13/h10-13H,2-9H2,1H3/t10-,11+/m1/s1. The lowest BCUT2D eigenvalue weighted by Crippen LogP contribution is -2.41. The molecule has 0 spiro atoms. The quantitative estimate of drug-likeness (QED) is 0.668. The van der Waals surface area contributed by atoms with Crippen LogP contribution in [0.15, 0.2) is 0 Å². The van der Waals surface area contributed by atoms with Gasteiger partial charge in [0.15, 0.2) is 0 Å². The Hall–Kier alpha value is 0.270. The minimum atomic E-state index is 0.311. The highest BCUT2D eigenvalue weighted by Crippen LogP contribution is 2.28. The van der Waals surface area contributed by atoms with Crippen LogP contribution in [0.2, 0.25) is 0 Å². The molecule has 0 aromatic rings. The van der Waals surface area contributed by atoms with Crippen LogP contribution in [0.5, 0.6) is 0 Å². The summed E-state index contributed by atoms with van der Waals surface area (Å²) in [6, 6.07) is 0.695. The van der Waals surface area contributed by atoms with E-state index >= 15 is 0 Å². The van der Waals surface area contributed by atoms with Crippen molar-refractivity contribution in [3.05, 3.63) is 0 Å². The first-order valence-electron chi connectivity index (χ1n) is 5.84. The van der Waals surface area contributed by atoms with Crippen molar-refractivity contribution < 1.29 is 5.11 Å². The minimum absolute atomic E-state index is 0.311. The van der Waals surface area contributed by atoms with Crippen LogP contribution in [-0.2, 0) is 0 Å². The van der Waals surface area contributed by atoms with Crippen LogP contribution in [0, 0.1) is 0 Å². The first-order chi connectivity index (χ1) is 6.88. The van der Waals surface area contributed by atoms with Crippen LogP contribution in [-0.4, -0.2) is 35.3 Å². The third-order valence-corrected chi connectivity index (χ3v) is 4.15. The van der Waals surface area contributed by atoms with Gasteiger partial charge in [0, 0.05) is 17.9 Å². The molecule has 1 fully saturated rings. The number of aliphatic hydroxyl groups is 1. The summed E-state index contributed by atoms with van der Waals surface area (Å²) in [5, 5.41) is 13.1. The van der Waals surface area contributed by atoms with Gasteiger partial charge in [-0.3, -0.25) is 0 Å². The molecule has 0 saturated heterocycles. The number of nitrogens with one attached hydrogen (secondary N) is 1. The maximum Gasteiger partial charge on any atom is 0.0443 e. The van der Waals surface area contributed by atoms with E-state index in [9.17, 15) is 0 Å². The normalized spacial score (nSPS) is 27.9. The highest BCUT2D eigenvalue weighted by atomic mass is 32.2. The zero-order valence-corrected chi connectivity index (χ0v) is 9.98. The van der Waals surface area contributed by atoms with Crippen molar-refractivity contribution in [1.82, 2.24) is 5.32 Å². The Morgan fingerprint density at radius 2 is 2.14 bits per heavy atom. The fourth-order valence-electron chi connectivity index (χ4n) is 2.11. The van der Waals surface area contributed by atoms with Crippen molar-refractivity contribution in [2.75, 3.05) is 18.9 Å². The maximum absolute atomic E-state index is 8.72. The van der Waals surface area contributed by atoms with Crippen LogP contribution in [0.4, 0.5) is 0 Å². The number of rotatable bonds is 6. The molecule has 0 unspecified atom stereocenters. The number of aliphatic hydroxyl groups excluding tert-OH is 1. The van der Waals surface area contributed by atoms with E-state index in [1.807, 2.05) is 0 Å². The smallest absolute Gasteiger partial charge is 0.0443 e. The van der Waals surface area contributed by atoms with Crippen LogP contribution in [0.1, 0.15) is 39.0 Å². The summed E-state index contributed by atoms with van der Waals surface area (Å²) in [5.41, 5.74) is 0. The van der Waals surface area contributed by atoms with Crippen LogP contribution >= 0.6 is 11.8 Å². The second-order valence-electron chi connectivity index (χ2n) is 3.92. The molecule has 3 heteroatoms. The highest BCUT2D eigenvalue weighted by molar-refractivity contribution is 7.99. The molecule has 2 nitrogen and oxygen atoms in total. The van der Waals surface area contributed by atoms with Crippen molar-refractivity contribution in [1.29, 1.82) is 0 Å². The molecule has 1 aliphatic rings. The predicted octanol–water partition coefficient (Wildman–Crippen LogP) is 2.02. The molecule has 0 amide bonds. The maximum atomic E-state index is 8.72. The topological polar surface area (TPSA) is 32.3 Å². The molecule has 0 aromatic heterocycles. The van der Waals surface area contributed by atoms with Crippen molar-refractivity contribution in [2.24, 2.45) is 0 Å². The molecule has 1 saturated carbocycles. The van der Waals surface area contributed by atoms with Crippen molar-refractivity contribution >= 4 is 11.8 Å². The lowest BCUT2D eigenvalue weighted by Gasteiger charge is -2.31. The van der Waals surface area contributed by atoms with Gasteiger partial charge in [0.2, 0.25) is 0 Å². The average Bonchev–Trinajstić information content (AvgIpc) is 2.21. The Balaban J connectivity index is 2.22. The number of hydrogen-bond donors (Lipinski definition) is 2. The van der Waals surface area contributed by atoms with Crippen molar-refractivity contribution in [2.45, 2.75) is 50.3 Å². The van der Waals surface area contributed by atoms with Gasteiger partial charge in [0.05, 0.1) is 0 Å². The van der Waals surface area contributed by atoms with E-state index in [0.29, 0.717) is 12.6 Å². The lowest BCUT2D eigenvalue weighted by molar-refractivity contribution is 0.278. The second-order valence-corrected chi connectivity index (χ2v) is 5.43. The largest absolute Gasteiger partial charge is 0.396 e. The van der Waals surface area contributed by atoms with Gasteiger partial charge < -0.3 is 10.4 Å². The van der Waals surface area contributed by atoms with E-state index in [1.165, 1.54) is 31.4 Å². The van der Waals surface area contributed by atoms with Crippen LogP contribution in [0.25, 0.3) is 0 Å². The molecule has 2 atom stereocenters. The lowest BCUT2D eigenvalue weighted by atomic mass is 9.95. The molecule has 0 aromatic carbocycles. The van der Waals surface area contributed by atoms with E-state index in [1.54, 1.807) is 0 Å². The summed E-state index contributed by atoms with van der Waals surface area (Å²) in [6.07, 6.45) is 6.35. The van der Waals surface area contributed by atoms with Crippen LogP contribution < -0.4 is 5.32 Å². The van der Waals surface area contributed by atoms with Crippen molar-refractivity contribution in [3.63, 3.8) is 0 Å². The van der Waals surface area contributed by atoms with E-state index in [2.05, 4.69) is 24.0 Å². The average molecular weight is 217 g/mol. The third-order valence-electron chi connectivity index (χ3n) is 2.82. The number of hydrogen-bond acceptors (Lipinski definition) is 3. The summed E-state index contributed by atoms with van der Waals surface area (Å²) < 4.78 is 0. The van der Waals surface area contributed by atoms with Gasteiger partial charge in [-0.15, -0.1) is 0 Å². The SMILES string of the molecule is CCS[C@H]1CCCC[C@H]1NCCCO. The minimum Gasteiger partial charge on any atom is -0.396 e. The fraction of sp³-hybridized carbons (Fsp3) is 1.00. The van der Waals surface area contributed by atoms with Gasteiger partial charge in [0.1, 0.15) is 0 Å². The van der Waals surface area contributed by atoms with Gasteiger partial charge in [0.25, 0.3) is 0 Å². The Morgan fingerprint density at radius 3 is 2.86 bits per heavy atom. The fourth-order valence-corrected chi connectivity index (χ4v) is 3.34. The van der Waals surface area contributed by atoms with Gasteiger partial charge in [-0.2, -0.15) is 11.8 Å². The summed E-state index contributed by atoms with van der Waals surface area (Å²) in [7, 11) is 0. The van der Waals surface area contributed by atoms with Crippen molar-refractivity contribution in [3.8, 4) is 0 Å². The molecule has 1 rings (SSSR count). The molecule has 0 heterocycles. The zero-order valence-electron chi connectivity index (χ0n) is 9.17. The first kappa shape index (κ1) is 12.3. The van der Waals surface area contributed by atoms with E-state index in [0.717, 1.165) is 18.2 Å². The molecule has 1 aliphatic carbocycles. The Morgan fingerprint density at radius 1 is 1.36 bits per heavy atom. The molecule has 14 heavy (non-hydrogen) atoms. The summed E-state index contributed by atoms with van der Waals surface area (Å²) in [5.74, 6) is 1.23. The summed E-state index contributed by atoms with van der Waals surface area (Å²) in [6.45, 7) is 3.53. The highest BCUT2D eigenvalue weighted by Gasteiger charge is 2.23. The number of thioether (sulfide) groups is 1. The Kier molecular flexibility index (Phi) is 6.65. The Labute approximate surface area is 91.9 Å². The van der Waals surface area contributed by atoms with E-state index in [4.69, 9.17) is 5.11 Å². The zero-order chi connectivity index (χ0) is 10.2. The predicted molar refractivity (Wildman–Crippen MR) is 63.9 cm³/mol. The molecule has 0 aliphatic heterocycles. The van der Waals surface area contributed by atoms with Gasteiger partial charge in [-0.05, 0) is 31.6 Å². The first-order valence-corrected chi connectivity index (χ1v) is 6.89. The molecule has 2 N–H and O–H groups in total. The van der Waals surface area contributed by atoms with E-state index in [-0.39, 0.29) is 0 Å². The molecular formula is C11H23NOS. The summed E-state index contributed by atoms with van der Waals surface area (Å²) >= 11 is 2.09. The second kappa shape index (κ2) is 7.55. The molecule has 0 radical (unpaired) electrons. The van der Waals surface area contributed by atoms with Gasteiger partial charge in [-0.1, -0.05) is 19.8 Å².